The Morgan fingerprint density at radius 3 is 2.64 bits per heavy atom. The molecule has 1 heterocycles. The summed E-state index contributed by atoms with van der Waals surface area (Å²) in [5, 5.41) is 0.571. The predicted molar refractivity (Wildman–Crippen MR) is 93.4 cm³/mol. The molecule has 128 valence electrons. The Balaban J connectivity index is 1.84. The van der Waals surface area contributed by atoms with Gasteiger partial charge >= 0.3 is 5.63 Å². The molecule has 0 bridgehead atoms. The zero-order chi connectivity index (χ0) is 17.7. The summed E-state index contributed by atoms with van der Waals surface area (Å²) in [6, 6.07) is 4.86. The monoisotopic (exact) mass is 338 g/mol. The van der Waals surface area contributed by atoms with Gasteiger partial charge in [0.1, 0.15) is 22.6 Å². The SMILES string of the molecule is COc1cc(OC)c2cc(C(=O)C3=CC=C(C)C4CC34)c(=O)oc2c1. The van der Waals surface area contributed by atoms with Crippen molar-refractivity contribution in [1.82, 2.24) is 0 Å². The lowest BCUT2D eigenvalue weighted by atomic mass is 9.93. The third-order valence-corrected chi connectivity index (χ3v) is 5.05. The number of fused-ring (bicyclic) bond motifs is 2. The standard InChI is InChI=1S/C20H18O5/c1-10-4-5-12(14-8-13(10)14)19(21)16-9-15-17(24-3)6-11(23-2)7-18(15)25-20(16)22/h4-7,9,13-14H,8H2,1-3H3. The highest BCUT2D eigenvalue weighted by molar-refractivity contribution is 6.11. The highest BCUT2D eigenvalue weighted by Crippen LogP contribution is 2.51. The third-order valence-electron chi connectivity index (χ3n) is 5.05. The number of rotatable bonds is 4. The molecule has 2 atom stereocenters. The van der Waals surface area contributed by atoms with E-state index in [1.54, 1.807) is 18.2 Å². The molecule has 2 aliphatic carbocycles. The van der Waals surface area contributed by atoms with Crippen LogP contribution in [0.25, 0.3) is 11.0 Å². The first-order valence-electron chi connectivity index (χ1n) is 8.16. The fourth-order valence-corrected chi connectivity index (χ4v) is 3.52. The summed E-state index contributed by atoms with van der Waals surface area (Å²) in [5.74, 6) is 1.41. The lowest BCUT2D eigenvalue weighted by Crippen LogP contribution is -2.18. The summed E-state index contributed by atoms with van der Waals surface area (Å²) < 4.78 is 15.9. The molecule has 2 aromatic rings. The van der Waals surface area contributed by atoms with Gasteiger partial charge in [-0.05, 0) is 31.2 Å². The normalized spacial score (nSPS) is 21.2. The van der Waals surface area contributed by atoms with Gasteiger partial charge in [-0.25, -0.2) is 4.79 Å². The highest BCUT2D eigenvalue weighted by atomic mass is 16.5. The molecule has 0 saturated heterocycles. The summed E-state index contributed by atoms with van der Waals surface area (Å²) in [4.78, 5) is 25.3. The number of methoxy groups -OCH3 is 2. The van der Waals surface area contributed by atoms with Gasteiger partial charge in [0.15, 0.2) is 5.78 Å². The van der Waals surface area contributed by atoms with Gasteiger partial charge in [-0.3, -0.25) is 4.79 Å². The maximum Gasteiger partial charge on any atom is 0.347 e. The van der Waals surface area contributed by atoms with E-state index in [1.165, 1.54) is 19.8 Å². The fourth-order valence-electron chi connectivity index (χ4n) is 3.52. The zero-order valence-electron chi connectivity index (χ0n) is 14.3. The Hall–Kier alpha value is -2.82. The van der Waals surface area contributed by atoms with Crippen molar-refractivity contribution in [2.24, 2.45) is 11.8 Å². The smallest absolute Gasteiger partial charge is 0.347 e. The zero-order valence-corrected chi connectivity index (χ0v) is 14.3. The van der Waals surface area contributed by atoms with E-state index in [1.807, 2.05) is 12.2 Å². The van der Waals surface area contributed by atoms with Crippen LogP contribution in [0.4, 0.5) is 0 Å². The van der Waals surface area contributed by atoms with Crippen LogP contribution in [0.15, 0.2) is 50.7 Å². The summed E-state index contributed by atoms with van der Waals surface area (Å²) in [7, 11) is 3.04. The molecule has 1 aromatic heterocycles. The van der Waals surface area contributed by atoms with Crippen LogP contribution in [0.3, 0.4) is 0 Å². The van der Waals surface area contributed by atoms with E-state index in [0.717, 1.165) is 6.42 Å². The van der Waals surface area contributed by atoms with Gasteiger partial charge in [0.2, 0.25) is 0 Å². The highest BCUT2D eigenvalue weighted by Gasteiger charge is 2.45. The van der Waals surface area contributed by atoms with Crippen LogP contribution in [-0.2, 0) is 0 Å². The van der Waals surface area contributed by atoms with Crippen LogP contribution < -0.4 is 15.1 Å². The van der Waals surface area contributed by atoms with Crippen molar-refractivity contribution in [2.45, 2.75) is 13.3 Å². The second-order valence-electron chi connectivity index (χ2n) is 6.50. The first-order valence-corrected chi connectivity index (χ1v) is 8.16. The third kappa shape index (κ3) is 2.47. The number of Topliss-reactive ketones (excluding diaryl/α,β-unsaturated/α-hetero) is 1. The minimum Gasteiger partial charge on any atom is -0.496 e. The minimum atomic E-state index is -0.641. The minimum absolute atomic E-state index is 0.0424. The second-order valence-corrected chi connectivity index (χ2v) is 6.50. The maximum absolute atomic E-state index is 12.9. The van der Waals surface area contributed by atoms with E-state index in [-0.39, 0.29) is 17.3 Å². The van der Waals surface area contributed by atoms with Gasteiger partial charge < -0.3 is 13.9 Å². The Bertz CT molecular complexity index is 1010. The largest absolute Gasteiger partial charge is 0.496 e. The van der Waals surface area contributed by atoms with Gasteiger partial charge in [-0.2, -0.15) is 0 Å². The van der Waals surface area contributed by atoms with Crippen LogP contribution in [0.2, 0.25) is 0 Å². The van der Waals surface area contributed by atoms with Gasteiger partial charge in [-0.15, -0.1) is 0 Å². The molecular weight excluding hydrogens is 320 g/mol. The van der Waals surface area contributed by atoms with E-state index in [9.17, 15) is 9.59 Å². The average Bonchev–Trinajstić information content (AvgIpc) is 3.41. The molecule has 4 rings (SSSR count). The van der Waals surface area contributed by atoms with Crippen molar-refractivity contribution in [3.8, 4) is 11.5 Å². The summed E-state index contributed by atoms with van der Waals surface area (Å²) in [5.41, 5.74) is 1.71. The Morgan fingerprint density at radius 2 is 1.92 bits per heavy atom. The van der Waals surface area contributed by atoms with E-state index in [4.69, 9.17) is 13.9 Å². The van der Waals surface area contributed by atoms with Crippen LogP contribution >= 0.6 is 0 Å². The Morgan fingerprint density at radius 1 is 1.12 bits per heavy atom. The first kappa shape index (κ1) is 15.7. The average molecular weight is 338 g/mol. The lowest BCUT2D eigenvalue weighted by Gasteiger charge is -2.11. The molecule has 5 heteroatoms. The van der Waals surface area contributed by atoms with Crippen molar-refractivity contribution >= 4 is 16.8 Å². The quantitative estimate of drug-likeness (QED) is 0.630. The Kier molecular flexibility index (Phi) is 3.53. The molecule has 0 N–H and O–H groups in total. The predicted octanol–water partition coefficient (Wildman–Crippen LogP) is 3.52. The topological polar surface area (TPSA) is 65.7 Å². The second kappa shape index (κ2) is 5.62. The number of benzene rings is 1. The maximum atomic E-state index is 12.9. The molecule has 0 radical (unpaired) electrons. The number of hydrogen-bond acceptors (Lipinski definition) is 5. The number of carbonyl (C=O) groups excluding carboxylic acids is 1. The summed E-state index contributed by atoms with van der Waals surface area (Å²) in [6.07, 6.45) is 4.77. The van der Waals surface area contributed by atoms with Gasteiger partial charge in [0.25, 0.3) is 0 Å². The number of hydrogen-bond donors (Lipinski definition) is 0. The van der Waals surface area contributed by atoms with Crippen LogP contribution in [0.1, 0.15) is 23.7 Å². The molecule has 0 amide bonds. The number of ether oxygens (including phenoxy) is 2. The molecule has 25 heavy (non-hydrogen) atoms. The summed E-state index contributed by atoms with van der Waals surface area (Å²) in [6.45, 7) is 2.07. The van der Waals surface area contributed by atoms with Crippen molar-refractivity contribution in [3.63, 3.8) is 0 Å². The molecule has 1 saturated carbocycles. The Labute approximate surface area is 144 Å². The van der Waals surface area contributed by atoms with Crippen LogP contribution in [0, 0.1) is 11.8 Å². The molecule has 2 aliphatic rings. The molecule has 2 unspecified atom stereocenters. The van der Waals surface area contributed by atoms with Gasteiger partial charge in [-0.1, -0.05) is 17.7 Å². The molecule has 0 spiro atoms. The van der Waals surface area contributed by atoms with E-state index >= 15 is 0 Å². The van der Waals surface area contributed by atoms with Crippen molar-refractivity contribution < 1.29 is 18.7 Å². The molecule has 5 nitrogen and oxygen atoms in total. The number of carbonyl (C=O) groups is 1. The molecular formula is C20H18O5. The van der Waals surface area contributed by atoms with Crippen molar-refractivity contribution in [1.29, 1.82) is 0 Å². The number of allylic oxidation sites excluding steroid dienone is 4. The van der Waals surface area contributed by atoms with Gasteiger partial charge in [0.05, 0.1) is 19.6 Å². The van der Waals surface area contributed by atoms with Crippen molar-refractivity contribution in [3.05, 3.63) is 57.5 Å². The van der Waals surface area contributed by atoms with E-state index in [2.05, 4.69) is 6.92 Å². The van der Waals surface area contributed by atoms with Gasteiger partial charge in [0, 0.05) is 17.7 Å². The molecule has 1 aromatic carbocycles. The fraction of sp³-hybridized carbons (Fsp3) is 0.300. The van der Waals surface area contributed by atoms with Crippen molar-refractivity contribution in [2.75, 3.05) is 14.2 Å². The number of ketones is 1. The van der Waals surface area contributed by atoms with E-state index < -0.39 is 5.63 Å². The van der Waals surface area contributed by atoms with E-state index in [0.29, 0.717) is 34.0 Å². The molecule has 1 fully saturated rings. The lowest BCUT2D eigenvalue weighted by molar-refractivity contribution is 0.102. The molecule has 0 aliphatic heterocycles. The first-order chi connectivity index (χ1) is 12.0. The summed E-state index contributed by atoms with van der Waals surface area (Å²) >= 11 is 0. The van der Waals surface area contributed by atoms with Crippen LogP contribution in [-0.4, -0.2) is 20.0 Å². The van der Waals surface area contributed by atoms with Crippen LogP contribution in [0.5, 0.6) is 11.5 Å².